The van der Waals surface area contributed by atoms with Crippen LogP contribution in [0.1, 0.15) is 50.1 Å². The Balaban J connectivity index is 1.68. The number of aromatic nitrogens is 3. The molecule has 1 unspecified atom stereocenters. The van der Waals surface area contributed by atoms with Crippen LogP contribution in [0.15, 0.2) is 47.7 Å². The molecular weight excluding hydrogens is 397 g/mol. The number of rotatable bonds is 5. The summed E-state index contributed by atoms with van der Waals surface area (Å²) in [5.41, 5.74) is 0.315. The van der Waals surface area contributed by atoms with Crippen LogP contribution in [0, 0.1) is 23.1 Å². The van der Waals surface area contributed by atoms with Crippen molar-refractivity contribution < 1.29 is 9.18 Å². The van der Waals surface area contributed by atoms with E-state index in [1.165, 1.54) is 35.6 Å². The fourth-order valence-electron chi connectivity index (χ4n) is 4.16. The molecule has 8 heteroatoms. The lowest BCUT2D eigenvalue weighted by molar-refractivity contribution is -0.120. The second kappa shape index (κ2) is 9.04. The van der Waals surface area contributed by atoms with Crippen LogP contribution in [0.25, 0.3) is 10.9 Å². The number of hydrogen-bond acceptors (Lipinski definition) is 5. The number of pyridine rings is 1. The minimum Gasteiger partial charge on any atom is -0.309 e. The van der Waals surface area contributed by atoms with Crippen LogP contribution in [0.5, 0.6) is 0 Å². The number of amides is 1. The number of anilines is 1. The average Bonchev–Trinajstić information content (AvgIpc) is 2.79. The number of nitrogens with one attached hydrogen (secondary N) is 1. The molecule has 2 aromatic heterocycles. The van der Waals surface area contributed by atoms with Gasteiger partial charge in [0, 0.05) is 6.20 Å². The molecule has 0 bridgehead atoms. The van der Waals surface area contributed by atoms with Crippen molar-refractivity contribution in [3.05, 3.63) is 64.6 Å². The molecule has 2 heterocycles. The van der Waals surface area contributed by atoms with E-state index in [9.17, 15) is 14.0 Å². The first kappa shape index (κ1) is 20.7. The first-order valence-corrected chi connectivity index (χ1v) is 10.4. The van der Waals surface area contributed by atoms with Gasteiger partial charge in [0.1, 0.15) is 23.7 Å². The lowest BCUT2D eigenvalue weighted by Crippen LogP contribution is -2.35. The molecule has 1 atom stereocenters. The SMILES string of the molecule is N#Cc1ccc(NC(=O)C(CC2CCCCC2)n2cnc3ccc(F)cc3c2=O)nc1. The number of carbonyl (C=O) groups is 1. The number of carbonyl (C=O) groups excluding carboxylic acids is 1. The van der Waals surface area contributed by atoms with E-state index in [4.69, 9.17) is 5.26 Å². The summed E-state index contributed by atoms with van der Waals surface area (Å²) in [5, 5.41) is 11.8. The Labute approximate surface area is 178 Å². The van der Waals surface area contributed by atoms with Crippen molar-refractivity contribution in [3.63, 3.8) is 0 Å². The van der Waals surface area contributed by atoms with Gasteiger partial charge in [-0.05, 0) is 42.7 Å². The van der Waals surface area contributed by atoms with Crippen molar-refractivity contribution in [3.8, 4) is 6.07 Å². The molecule has 4 rings (SSSR count). The molecule has 1 N–H and O–H groups in total. The third-order valence-corrected chi connectivity index (χ3v) is 5.81. The van der Waals surface area contributed by atoms with Gasteiger partial charge in [0.05, 0.1) is 22.8 Å². The third-order valence-electron chi connectivity index (χ3n) is 5.81. The Morgan fingerprint density at radius 3 is 2.74 bits per heavy atom. The van der Waals surface area contributed by atoms with Crippen molar-refractivity contribution in [1.82, 2.24) is 14.5 Å². The van der Waals surface area contributed by atoms with E-state index in [0.717, 1.165) is 31.7 Å². The number of halogens is 1. The van der Waals surface area contributed by atoms with Gasteiger partial charge in [0.15, 0.2) is 0 Å². The molecule has 1 amide bonds. The van der Waals surface area contributed by atoms with E-state index in [0.29, 0.717) is 29.2 Å². The Morgan fingerprint density at radius 2 is 2.03 bits per heavy atom. The molecule has 0 saturated heterocycles. The number of benzene rings is 1. The number of hydrogen-bond donors (Lipinski definition) is 1. The highest BCUT2D eigenvalue weighted by Gasteiger charge is 2.27. The topological polar surface area (TPSA) is 101 Å². The monoisotopic (exact) mass is 419 g/mol. The first-order chi connectivity index (χ1) is 15.0. The molecule has 0 radical (unpaired) electrons. The Morgan fingerprint density at radius 1 is 1.23 bits per heavy atom. The largest absolute Gasteiger partial charge is 0.309 e. The maximum absolute atomic E-state index is 13.7. The van der Waals surface area contributed by atoms with Gasteiger partial charge >= 0.3 is 0 Å². The molecule has 1 saturated carbocycles. The standard InChI is InChI=1S/C23H22FN5O2/c24-17-7-8-19-18(11-17)23(31)29(14-27-19)20(10-15-4-2-1-3-5-15)22(30)28-21-9-6-16(12-25)13-26-21/h6-9,11,13-15,20H,1-5,10H2,(H,26,28,30). The molecule has 1 aromatic carbocycles. The highest BCUT2D eigenvalue weighted by Crippen LogP contribution is 2.31. The third kappa shape index (κ3) is 4.61. The van der Waals surface area contributed by atoms with Crippen LogP contribution in [0.3, 0.4) is 0 Å². The Kier molecular flexibility index (Phi) is 6.03. The summed E-state index contributed by atoms with van der Waals surface area (Å²) in [5.74, 6) is -0.305. The molecule has 7 nitrogen and oxygen atoms in total. The summed E-state index contributed by atoms with van der Waals surface area (Å²) in [6.07, 6.45) is 8.62. The number of fused-ring (bicyclic) bond motifs is 1. The second-order valence-electron chi connectivity index (χ2n) is 7.91. The highest BCUT2D eigenvalue weighted by molar-refractivity contribution is 5.93. The molecule has 0 aliphatic heterocycles. The zero-order chi connectivity index (χ0) is 21.8. The molecule has 0 spiro atoms. The van der Waals surface area contributed by atoms with Gasteiger partial charge in [-0.25, -0.2) is 14.4 Å². The van der Waals surface area contributed by atoms with Crippen LogP contribution in [-0.2, 0) is 4.79 Å². The van der Waals surface area contributed by atoms with Gasteiger partial charge in [-0.2, -0.15) is 5.26 Å². The average molecular weight is 419 g/mol. The smallest absolute Gasteiger partial charge is 0.262 e. The zero-order valence-corrected chi connectivity index (χ0v) is 16.9. The molecule has 1 aliphatic rings. The van der Waals surface area contributed by atoms with Crippen molar-refractivity contribution in [2.24, 2.45) is 5.92 Å². The van der Waals surface area contributed by atoms with E-state index in [2.05, 4.69) is 15.3 Å². The Bertz CT molecular complexity index is 1190. The predicted octanol–water partition coefficient (Wildman–Crippen LogP) is 3.95. The van der Waals surface area contributed by atoms with Crippen molar-refractivity contribution in [2.45, 2.75) is 44.6 Å². The van der Waals surface area contributed by atoms with E-state index in [1.54, 1.807) is 12.1 Å². The lowest BCUT2D eigenvalue weighted by Gasteiger charge is -2.27. The van der Waals surface area contributed by atoms with Crippen LogP contribution in [-0.4, -0.2) is 20.4 Å². The summed E-state index contributed by atoms with van der Waals surface area (Å²) in [6.45, 7) is 0. The van der Waals surface area contributed by atoms with Crippen LogP contribution >= 0.6 is 0 Å². The molecule has 3 aromatic rings. The van der Waals surface area contributed by atoms with Crippen molar-refractivity contribution >= 4 is 22.6 Å². The molecule has 158 valence electrons. The predicted molar refractivity (Wildman–Crippen MR) is 114 cm³/mol. The molecular formula is C23H22FN5O2. The van der Waals surface area contributed by atoms with E-state index in [1.807, 2.05) is 6.07 Å². The fourth-order valence-corrected chi connectivity index (χ4v) is 4.16. The maximum atomic E-state index is 13.7. The summed E-state index contributed by atoms with van der Waals surface area (Å²) in [7, 11) is 0. The summed E-state index contributed by atoms with van der Waals surface area (Å²) >= 11 is 0. The zero-order valence-electron chi connectivity index (χ0n) is 16.9. The van der Waals surface area contributed by atoms with Gasteiger partial charge < -0.3 is 5.32 Å². The van der Waals surface area contributed by atoms with E-state index >= 15 is 0 Å². The summed E-state index contributed by atoms with van der Waals surface area (Å²) < 4.78 is 15.0. The summed E-state index contributed by atoms with van der Waals surface area (Å²) in [4.78, 5) is 34.7. The van der Waals surface area contributed by atoms with Crippen LogP contribution in [0.2, 0.25) is 0 Å². The maximum Gasteiger partial charge on any atom is 0.262 e. The number of nitrogens with zero attached hydrogens (tertiary/aromatic N) is 4. The minimum atomic E-state index is -0.798. The molecule has 1 fully saturated rings. The van der Waals surface area contributed by atoms with Crippen LogP contribution in [0.4, 0.5) is 10.2 Å². The second-order valence-corrected chi connectivity index (χ2v) is 7.91. The molecule has 1 aliphatic carbocycles. The van der Waals surface area contributed by atoms with Gasteiger partial charge in [-0.3, -0.25) is 14.2 Å². The first-order valence-electron chi connectivity index (χ1n) is 10.4. The molecule has 31 heavy (non-hydrogen) atoms. The van der Waals surface area contributed by atoms with E-state index in [-0.39, 0.29) is 11.3 Å². The van der Waals surface area contributed by atoms with Gasteiger partial charge in [0.25, 0.3) is 5.56 Å². The summed E-state index contributed by atoms with van der Waals surface area (Å²) in [6, 6.07) is 8.14. The quantitative estimate of drug-likeness (QED) is 0.675. The van der Waals surface area contributed by atoms with Crippen molar-refractivity contribution in [1.29, 1.82) is 5.26 Å². The number of nitriles is 1. The normalized spacial score (nSPS) is 15.4. The van der Waals surface area contributed by atoms with E-state index < -0.39 is 17.4 Å². The van der Waals surface area contributed by atoms with Crippen molar-refractivity contribution in [2.75, 3.05) is 5.32 Å². The fraction of sp³-hybridized carbons (Fsp3) is 0.348. The minimum absolute atomic E-state index is 0.139. The Hall–Kier alpha value is -3.60. The lowest BCUT2D eigenvalue weighted by atomic mass is 9.84. The van der Waals surface area contributed by atoms with Gasteiger partial charge in [-0.15, -0.1) is 0 Å². The highest BCUT2D eigenvalue weighted by atomic mass is 19.1. The van der Waals surface area contributed by atoms with Gasteiger partial charge in [-0.1, -0.05) is 32.1 Å². The van der Waals surface area contributed by atoms with Gasteiger partial charge in [0.2, 0.25) is 5.91 Å². The van der Waals surface area contributed by atoms with Crippen LogP contribution < -0.4 is 10.9 Å².